The lowest BCUT2D eigenvalue weighted by atomic mass is 9.79. The average Bonchev–Trinajstić information content (AvgIpc) is 2.85. The normalized spacial score (nSPS) is 31.4. The van der Waals surface area contributed by atoms with Crippen molar-refractivity contribution >= 4 is 5.78 Å². The lowest BCUT2D eigenvalue weighted by Gasteiger charge is -2.33. The van der Waals surface area contributed by atoms with Crippen molar-refractivity contribution in [2.75, 3.05) is 13.6 Å². The molecule has 2 aliphatic carbocycles. The van der Waals surface area contributed by atoms with E-state index in [0.717, 1.165) is 37.8 Å². The molecule has 0 radical (unpaired) electrons. The molecule has 0 heterocycles. The van der Waals surface area contributed by atoms with Crippen molar-refractivity contribution in [1.29, 1.82) is 0 Å². The lowest BCUT2D eigenvalue weighted by Crippen LogP contribution is -2.38. The van der Waals surface area contributed by atoms with E-state index in [0.29, 0.717) is 11.7 Å². The highest BCUT2D eigenvalue weighted by Gasteiger charge is 2.30. The molecule has 0 bridgehead atoms. The number of rotatable bonds is 4. The Labute approximate surface area is 106 Å². The van der Waals surface area contributed by atoms with Crippen molar-refractivity contribution in [3.63, 3.8) is 0 Å². The van der Waals surface area contributed by atoms with E-state index < -0.39 is 0 Å². The van der Waals surface area contributed by atoms with Crippen LogP contribution in [0.2, 0.25) is 0 Å². The first-order valence-corrected chi connectivity index (χ1v) is 7.43. The molecule has 2 fully saturated rings. The van der Waals surface area contributed by atoms with E-state index in [4.69, 9.17) is 0 Å². The molecule has 2 rings (SSSR count). The zero-order chi connectivity index (χ0) is 12.3. The predicted molar refractivity (Wildman–Crippen MR) is 71.0 cm³/mol. The number of Topliss-reactive ketones (excluding diaryl/α,β-unsaturated/α-hetero) is 1. The summed E-state index contributed by atoms with van der Waals surface area (Å²) in [6, 6.07) is 0.754. The van der Waals surface area contributed by atoms with Crippen LogP contribution >= 0.6 is 0 Å². The van der Waals surface area contributed by atoms with Gasteiger partial charge in [0.25, 0.3) is 0 Å². The summed E-state index contributed by atoms with van der Waals surface area (Å²) in [5, 5.41) is 0. The molecule has 2 heteroatoms. The highest BCUT2D eigenvalue weighted by atomic mass is 16.1. The van der Waals surface area contributed by atoms with Gasteiger partial charge in [-0.1, -0.05) is 26.2 Å². The van der Waals surface area contributed by atoms with Crippen LogP contribution < -0.4 is 0 Å². The van der Waals surface area contributed by atoms with Gasteiger partial charge in [-0.05, 0) is 38.6 Å². The summed E-state index contributed by atoms with van der Waals surface area (Å²) >= 11 is 0. The second kappa shape index (κ2) is 5.99. The summed E-state index contributed by atoms with van der Waals surface area (Å²) < 4.78 is 0. The van der Waals surface area contributed by atoms with Crippen molar-refractivity contribution in [1.82, 2.24) is 4.90 Å². The van der Waals surface area contributed by atoms with Gasteiger partial charge >= 0.3 is 0 Å². The van der Waals surface area contributed by atoms with E-state index in [1.807, 2.05) is 0 Å². The van der Waals surface area contributed by atoms with Crippen molar-refractivity contribution in [3.8, 4) is 0 Å². The standard InChI is InChI=1S/C15H27NO/c1-3-12-8-9-15(17)13(10-12)11-16(2)14-6-4-5-7-14/h12-14H,3-11H2,1-2H3. The second-order valence-electron chi connectivity index (χ2n) is 6.09. The van der Waals surface area contributed by atoms with Crippen LogP contribution in [-0.2, 0) is 4.79 Å². The molecule has 0 N–H and O–H groups in total. The molecule has 2 saturated carbocycles. The molecule has 0 aromatic carbocycles. The third-order valence-electron chi connectivity index (χ3n) is 4.91. The van der Waals surface area contributed by atoms with Gasteiger partial charge in [-0.15, -0.1) is 0 Å². The van der Waals surface area contributed by atoms with E-state index in [2.05, 4.69) is 18.9 Å². The summed E-state index contributed by atoms with van der Waals surface area (Å²) in [4.78, 5) is 14.4. The SMILES string of the molecule is CCC1CCC(=O)C(CN(C)C2CCCC2)C1. The first-order valence-electron chi connectivity index (χ1n) is 7.43. The van der Waals surface area contributed by atoms with Crippen LogP contribution in [-0.4, -0.2) is 30.3 Å². The molecule has 17 heavy (non-hydrogen) atoms. The summed E-state index contributed by atoms with van der Waals surface area (Å²) in [6.45, 7) is 3.28. The maximum Gasteiger partial charge on any atom is 0.137 e. The van der Waals surface area contributed by atoms with Crippen molar-refractivity contribution in [2.45, 2.75) is 64.3 Å². The van der Waals surface area contributed by atoms with Gasteiger partial charge in [-0.25, -0.2) is 0 Å². The Balaban J connectivity index is 1.85. The quantitative estimate of drug-likeness (QED) is 0.748. The Hall–Kier alpha value is -0.370. The van der Waals surface area contributed by atoms with Crippen LogP contribution in [0.4, 0.5) is 0 Å². The Morgan fingerprint density at radius 3 is 2.59 bits per heavy atom. The smallest absolute Gasteiger partial charge is 0.137 e. The molecule has 0 amide bonds. The van der Waals surface area contributed by atoms with Crippen LogP contribution in [0.5, 0.6) is 0 Å². The molecule has 2 atom stereocenters. The lowest BCUT2D eigenvalue weighted by molar-refractivity contribution is -0.126. The van der Waals surface area contributed by atoms with Gasteiger partial charge in [0.1, 0.15) is 5.78 Å². The number of carbonyl (C=O) groups excluding carboxylic acids is 1. The molecule has 0 aliphatic heterocycles. The monoisotopic (exact) mass is 237 g/mol. The first-order chi connectivity index (χ1) is 8.20. The zero-order valence-corrected chi connectivity index (χ0v) is 11.5. The molecule has 0 aromatic heterocycles. The maximum absolute atomic E-state index is 12.0. The minimum absolute atomic E-state index is 0.333. The fourth-order valence-corrected chi connectivity index (χ4v) is 3.59. The minimum Gasteiger partial charge on any atom is -0.303 e. The van der Waals surface area contributed by atoms with Gasteiger partial charge in [0.2, 0.25) is 0 Å². The van der Waals surface area contributed by atoms with Crippen LogP contribution in [0.15, 0.2) is 0 Å². The van der Waals surface area contributed by atoms with E-state index in [9.17, 15) is 4.79 Å². The zero-order valence-electron chi connectivity index (χ0n) is 11.5. The molecule has 2 aliphatic rings. The van der Waals surface area contributed by atoms with E-state index in [-0.39, 0.29) is 0 Å². The van der Waals surface area contributed by atoms with E-state index in [1.165, 1.54) is 32.1 Å². The molecular weight excluding hydrogens is 210 g/mol. The Bertz CT molecular complexity index is 258. The van der Waals surface area contributed by atoms with Crippen LogP contribution in [0.25, 0.3) is 0 Å². The maximum atomic E-state index is 12.0. The Kier molecular flexibility index (Phi) is 4.61. The van der Waals surface area contributed by atoms with Crippen molar-refractivity contribution in [3.05, 3.63) is 0 Å². The van der Waals surface area contributed by atoms with E-state index >= 15 is 0 Å². The minimum atomic E-state index is 0.333. The van der Waals surface area contributed by atoms with Gasteiger partial charge in [0, 0.05) is 24.9 Å². The second-order valence-corrected chi connectivity index (χ2v) is 6.09. The van der Waals surface area contributed by atoms with Gasteiger partial charge in [-0.3, -0.25) is 4.79 Å². The van der Waals surface area contributed by atoms with Crippen molar-refractivity contribution < 1.29 is 4.79 Å². The highest BCUT2D eigenvalue weighted by molar-refractivity contribution is 5.81. The predicted octanol–water partition coefficient (Wildman–Crippen LogP) is 3.26. The summed E-state index contributed by atoms with van der Waals surface area (Å²) in [7, 11) is 2.22. The largest absolute Gasteiger partial charge is 0.303 e. The van der Waals surface area contributed by atoms with Crippen LogP contribution in [0.1, 0.15) is 58.3 Å². The Morgan fingerprint density at radius 1 is 1.24 bits per heavy atom. The van der Waals surface area contributed by atoms with Gasteiger partial charge < -0.3 is 4.90 Å². The fourth-order valence-electron chi connectivity index (χ4n) is 3.59. The third-order valence-corrected chi connectivity index (χ3v) is 4.91. The summed E-state index contributed by atoms with van der Waals surface area (Å²) in [6.07, 6.45) is 9.81. The molecule has 98 valence electrons. The highest BCUT2D eigenvalue weighted by Crippen LogP contribution is 2.30. The van der Waals surface area contributed by atoms with Crippen LogP contribution in [0, 0.1) is 11.8 Å². The van der Waals surface area contributed by atoms with Gasteiger partial charge in [0.15, 0.2) is 0 Å². The topological polar surface area (TPSA) is 20.3 Å². The molecule has 0 aromatic rings. The molecule has 2 nitrogen and oxygen atoms in total. The fraction of sp³-hybridized carbons (Fsp3) is 0.933. The third kappa shape index (κ3) is 3.31. The number of carbonyl (C=O) groups is 1. The average molecular weight is 237 g/mol. The number of hydrogen-bond acceptors (Lipinski definition) is 2. The first kappa shape index (κ1) is 13.1. The molecule has 0 saturated heterocycles. The molecular formula is C15H27NO. The van der Waals surface area contributed by atoms with Crippen LogP contribution in [0.3, 0.4) is 0 Å². The number of hydrogen-bond donors (Lipinski definition) is 0. The summed E-state index contributed by atoms with van der Waals surface area (Å²) in [5.41, 5.74) is 0. The molecule has 0 spiro atoms. The number of nitrogens with zero attached hydrogens (tertiary/aromatic N) is 1. The molecule has 2 unspecified atom stereocenters. The van der Waals surface area contributed by atoms with Gasteiger partial charge in [0.05, 0.1) is 0 Å². The van der Waals surface area contributed by atoms with Gasteiger partial charge in [-0.2, -0.15) is 0 Å². The Morgan fingerprint density at radius 2 is 1.94 bits per heavy atom. The van der Waals surface area contributed by atoms with E-state index in [1.54, 1.807) is 0 Å². The number of ketones is 1. The summed E-state index contributed by atoms with van der Waals surface area (Å²) in [5.74, 6) is 1.66. The van der Waals surface area contributed by atoms with Crippen molar-refractivity contribution in [2.24, 2.45) is 11.8 Å².